The summed E-state index contributed by atoms with van der Waals surface area (Å²) >= 11 is 0. The number of carbonyl (C=O) groups is 1. The first kappa shape index (κ1) is 10.3. The number of carbonyl (C=O) groups excluding carboxylic acids is 1. The van der Waals surface area contributed by atoms with Gasteiger partial charge in [-0.05, 0) is 19.1 Å². The maximum atomic E-state index is 11.3. The predicted octanol–water partition coefficient (Wildman–Crippen LogP) is 0.262. The van der Waals surface area contributed by atoms with Crippen LogP contribution in [0.2, 0.25) is 0 Å². The molecule has 74 valence electrons. The predicted molar refractivity (Wildman–Crippen MR) is 47.4 cm³/mol. The molecule has 5 heteroatoms. The van der Waals surface area contributed by atoms with Gasteiger partial charge in [0, 0.05) is 6.04 Å². The fraction of sp³-hybridized carbons (Fsp3) is 0.333. The van der Waals surface area contributed by atoms with Gasteiger partial charge in [0.15, 0.2) is 5.76 Å². The fourth-order valence-corrected chi connectivity index (χ4v) is 0.861. The SMILES string of the molecule is C[C@H](CO)NC(=O)c1ccc(C#N)o1. The summed E-state index contributed by atoms with van der Waals surface area (Å²) in [5.41, 5.74) is 0. The van der Waals surface area contributed by atoms with Gasteiger partial charge in [-0.15, -0.1) is 0 Å². The molecule has 1 aromatic heterocycles. The van der Waals surface area contributed by atoms with Crippen LogP contribution in [0.3, 0.4) is 0 Å². The summed E-state index contributed by atoms with van der Waals surface area (Å²) in [7, 11) is 0. The molecule has 0 aliphatic carbocycles. The number of nitrogens with zero attached hydrogens (tertiary/aromatic N) is 1. The van der Waals surface area contributed by atoms with Crippen molar-refractivity contribution in [1.29, 1.82) is 5.26 Å². The lowest BCUT2D eigenvalue weighted by Crippen LogP contribution is -2.34. The van der Waals surface area contributed by atoms with Gasteiger partial charge >= 0.3 is 0 Å². The van der Waals surface area contributed by atoms with Gasteiger partial charge in [0.1, 0.15) is 6.07 Å². The zero-order valence-electron chi connectivity index (χ0n) is 7.65. The highest BCUT2D eigenvalue weighted by Crippen LogP contribution is 2.06. The number of rotatable bonds is 3. The molecule has 0 bridgehead atoms. The number of aliphatic hydroxyl groups excluding tert-OH is 1. The van der Waals surface area contributed by atoms with Gasteiger partial charge < -0.3 is 14.8 Å². The van der Waals surface area contributed by atoms with Crippen molar-refractivity contribution in [1.82, 2.24) is 5.32 Å². The number of nitrogens with one attached hydrogen (secondary N) is 1. The summed E-state index contributed by atoms with van der Waals surface area (Å²) in [5.74, 6) is -0.276. The van der Waals surface area contributed by atoms with Crippen LogP contribution in [0.5, 0.6) is 0 Å². The average molecular weight is 194 g/mol. The smallest absolute Gasteiger partial charge is 0.287 e. The molecule has 2 N–H and O–H groups in total. The second kappa shape index (κ2) is 4.44. The molecule has 1 heterocycles. The lowest BCUT2D eigenvalue weighted by Gasteiger charge is -2.08. The van der Waals surface area contributed by atoms with Crippen LogP contribution in [-0.2, 0) is 0 Å². The Bertz CT molecular complexity index is 364. The Kier molecular flexibility index (Phi) is 3.26. The highest BCUT2D eigenvalue weighted by atomic mass is 16.3. The van der Waals surface area contributed by atoms with Crippen LogP contribution >= 0.6 is 0 Å². The van der Waals surface area contributed by atoms with Crippen molar-refractivity contribution < 1.29 is 14.3 Å². The van der Waals surface area contributed by atoms with Gasteiger partial charge in [0.2, 0.25) is 5.76 Å². The molecular formula is C9H10N2O3. The third-order valence-corrected chi connectivity index (χ3v) is 1.59. The van der Waals surface area contributed by atoms with E-state index in [-0.39, 0.29) is 24.2 Å². The molecule has 0 aliphatic heterocycles. The second-order valence-corrected chi connectivity index (χ2v) is 2.83. The van der Waals surface area contributed by atoms with E-state index in [1.165, 1.54) is 12.1 Å². The zero-order valence-corrected chi connectivity index (χ0v) is 7.65. The van der Waals surface area contributed by atoms with Crippen LogP contribution in [-0.4, -0.2) is 23.7 Å². The molecule has 1 atom stereocenters. The van der Waals surface area contributed by atoms with Crippen LogP contribution < -0.4 is 5.32 Å². The van der Waals surface area contributed by atoms with Gasteiger partial charge in [-0.3, -0.25) is 4.79 Å². The van der Waals surface area contributed by atoms with Gasteiger partial charge in [-0.2, -0.15) is 5.26 Å². The Morgan fingerprint density at radius 1 is 1.79 bits per heavy atom. The molecule has 0 spiro atoms. The molecular weight excluding hydrogens is 184 g/mol. The number of furan rings is 1. The molecule has 1 rings (SSSR count). The van der Waals surface area contributed by atoms with Gasteiger partial charge in [0.05, 0.1) is 6.61 Å². The van der Waals surface area contributed by atoms with Crippen molar-refractivity contribution >= 4 is 5.91 Å². The van der Waals surface area contributed by atoms with Crippen LogP contribution in [0.1, 0.15) is 23.2 Å². The summed E-state index contributed by atoms with van der Waals surface area (Å²) in [6, 6.07) is 4.27. The Morgan fingerprint density at radius 2 is 2.50 bits per heavy atom. The molecule has 0 radical (unpaired) electrons. The van der Waals surface area contributed by atoms with Crippen molar-refractivity contribution in [2.24, 2.45) is 0 Å². The van der Waals surface area contributed by atoms with E-state index in [4.69, 9.17) is 14.8 Å². The van der Waals surface area contributed by atoms with E-state index in [0.717, 1.165) is 0 Å². The normalized spacial score (nSPS) is 11.8. The molecule has 1 amide bonds. The van der Waals surface area contributed by atoms with Crippen LogP contribution in [0.4, 0.5) is 0 Å². The first-order valence-corrected chi connectivity index (χ1v) is 4.09. The summed E-state index contributed by atoms with van der Waals surface area (Å²) in [4.78, 5) is 11.3. The minimum Gasteiger partial charge on any atom is -0.440 e. The number of hydrogen-bond acceptors (Lipinski definition) is 4. The Balaban J connectivity index is 2.66. The van der Waals surface area contributed by atoms with E-state index in [0.29, 0.717) is 0 Å². The maximum absolute atomic E-state index is 11.3. The van der Waals surface area contributed by atoms with Crippen LogP contribution in [0, 0.1) is 11.3 Å². The first-order valence-electron chi connectivity index (χ1n) is 4.09. The van der Waals surface area contributed by atoms with E-state index >= 15 is 0 Å². The van der Waals surface area contributed by atoms with Crippen molar-refractivity contribution in [2.45, 2.75) is 13.0 Å². The van der Waals surface area contributed by atoms with E-state index in [1.807, 2.05) is 0 Å². The molecule has 0 fully saturated rings. The Labute approximate surface area is 80.9 Å². The second-order valence-electron chi connectivity index (χ2n) is 2.83. The highest BCUT2D eigenvalue weighted by molar-refractivity contribution is 5.91. The number of nitriles is 1. The average Bonchev–Trinajstić information content (AvgIpc) is 2.65. The maximum Gasteiger partial charge on any atom is 0.287 e. The lowest BCUT2D eigenvalue weighted by atomic mass is 10.3. The molecule has 0 saturated heterocycles. The van der Waals surface area contributed by atoms with E-state index in [2.05, 4.69) is 5.32 Å². The fourth-order valence-electron chi connectivity index (χ4n) is 0.861. The Hall–Kier alpha value is -1.80. The standard InChI is InChI=1S/C9H10N2O3/c1-6(5-12)11-9(13)8-3-2-7(4-10)14-8/h2-3,6,12H,5H2,1H3,(H,11,13)/t6-/m1/s1. The van der Waals surface area contributed by atoms with Gasteiger partial charge in [-0.1, -0.05) is 0 Å². The minimum absolute atomic E-state index is 0.0712. The summed E-state index contributed by atoms with van der Waals surface area (Å²) in [6.07, 6.45) is 0. The summed E-state index contributed by atoms with van der Waals surface area (Å²) < 4.78 is 4.89. The highest BCUT2D eigenvalue weighted by Gasteiger charge is 2.12. The summed E-state index contributed by atoms with van der Waals surface area (Å²) in [5, 5.41) is 19.6. The molecule has 1 aromatic rings. The Morgan fingerprint density at radius 3 is 3.00 bits per heavy atom. The van der Waals surface area contributed by atoms with E-state index in [1.54, 1.807) is 13.0 Å². The lowest BCUT2D eigenvalue weighted by molar-refractivity contribution is 0.0894. The van der Waals surface area contributed by atoms with E-state index in [9.17, 15) is 4.79 Å². The van der Waals surface area contributed by atoms with Crippen molar-refractivity contribution in [3.63, 3.8) is 0 Å². The number of amides is 1. The molecule has 0 aromatic carbocycles. The van der Waals surface area contributed by atoms with Gasteiger partial charge in [-0.25, -0.2) is 0 Å². The zero-order chi connectivity index (χ0) is 10.6. The largest absolute Gasteiger partial charge is 0.440 e. The first-order chi connectivity index (χ1) is 6.67. The monoisotopic (exact) mass is 194 g/mol. The minimum atomic E-state index is -0.437. The molecule has 0 aliphatic rings. The molecule has 0 unspecified atom stereocenters. The number of aliphatic hydroxyl groups is 1. The quantitative estimate of drug-likeness (QED) is 0.722. The molecule has 5 nitrogen and oxygen atoms in total. The third-order valence-electron chi connectivity index (χ3n) is 1.59. The molecule has 14 heavy (non-hydrogen) atoms. The number of hydrogen-bond donors (Lipinski definition) is 2. The van der Waals surface area contributed by atoms with Crippen LogP contribution in [0.15, 0.2) is 16.5 Å². The topological polar surface area (TPSA) is 86.3 Å². The molecule has 0 saturated carbocycles. The van der Waals surface area contributed by atoms with Crippen molar-refractivity contribution in [3.8, 4) is 6.07 Å². The summed E-state index contributed by atoms with van der Waals surface area (Å²) in [6.45, 7) is 1.52. The van der Waals surface area contributed by atoms with Crippen LogP contribution in [0.25, 0.3) is 0 Å². The van der Waals surface area contributed by atoms with Gasteiger partial charge in [0.25, 0.3) is 5.91 Å². The van der Waals surface area contributed by atoms with Crippen molar-refractivity contribution in [2.75, 3.05) is 6.61 Å². The van der Waals surface area contributed by atoms with Crippen molar-refractivity contribution in [3.05, 3.63) is 23.7 Å². The van der Waals surface area contributed by atoms with E-state index < -0.39 is 5.91 Å². The third kappa shape index (κ3) is 2.34.